The largest absolute Gasteiger partial charge is 0.475 e. The minimum atomic E-state index is -3.40. The Kier molecular flexibility index (Phi) is 5.93. The highest BCUT2D eigenvalue weighted by Crippen LogP contribution is 2.16. The predicted octanol–water partition coefficient (Wildman–Crippen LogP) is 2.64. The van der Waals surface area contributed by atoms with Gasteiger partial charge < -0.3 is 4.74 Å². The molecule has 6 nitrogen and oxygen atoms in total. The van der Waals surface area contributed by atoms with Crippen molar-refractivity contribution in [3.05, 3.63) is 78.4 Å². The van der Waals surface area contributed by atoms with Crippen LogP contribution in [-0.4, -0.2) is 31.8 Å². The van der Waals surface area contributed by atoms with Crippen LogP contribution in [0.3, 0.4) is 0 Å². The molecule has 1 aromatic heterocycles. The molecule has 0 aliphatic rings. The van der Waals surface area contributed by atoms with Gasteiger partial charge in [-0.05, 0) is 11.6 Å². The Bertz CT molecular complexity index is 915. The van der Waals surface area contributed by atoms with Gasteiger partial charge in [-0.2, -0.15) is 0 Å². The molecule has 0 bridgehead atoms. The maximum atomic E-state index is 12.0. The fraction of sp³-hybridized carbons (Fsp3) is 0.158. The SMILES string of the molecule is O=S(=O)(Cc1ccccc1)NCCOc1ccc(-c2ccccc2)nn1. The quantitative estimate of drug-likeness (QED) is 0.618. The first-order valence-electron chi connectivity index (χ1n) is 8.16. The van der Waals surface area contributed by atoms with Crippen LogP contribution in [0.15, 0.2) is 72.8 Å². The summed E-state index contributed by atoms with van der Waals surface area (Å²) in [5.41, 5.74) is 2.46. The maximum Gasteiger partial charge on any atom is 0.233 e. The number of hydrogen-bond acceptors (Lipinski definition) is 5. The van der Waals surface area contributed by atoms with Crippen LogP contribution in [0.25, 0.3) is 11.3 Å². The molecule has 0 amide bonds. The van der Waals surface area contributed by atoms with E-state index in [-0.39, 0.29) is 18.9 Å². The summed E-state index contributed by atoms with van der Waals surface area (Å²) in [4.78, 5) is 0. The lowest BCUT2D eigenvalue weighted by molar-refractivity contribution is 0.307. The standard InChI is InChI=1S/C19H19N3O3S/c23-26(24,15-16-7-3-1-4-8-16)20-13-14-25-19-12-11-18(21-22-19)17-9-5-2-6-10-17/h1-12,20H,13-15H2. The van der Waals surface area contributed by atoms with E-state index in [9.17, 15) is 8.42 Å². The molecule has 3 rings (SSSR count). The van der Waals surface area contributed by atoms with Gasteiger partial charge >= 0.3 is 0 Å². The van der Waals surface area contributed by atoms with Crippen LogP contribution in [0, 0.1) is 0 Å². The van der Waals surface area contributed by atoms with Gasteiger partial charge in [0.15, 0.2) is 0 Å². The zero-order valence-electron chi connectivity index (χ0n) is 14.1. The molecule has 26 heavy (non-hydrogen) atoms. The molecular weight excluding hydrogens is 350 g/mol. The molecule has 7 heteroatoms. The molecule has 0 atom stereocenters. The molecule has 0 aliphatic carbocycles. The van der Waals surface area contributed by atoms with Gasteiger partial charge in [-0.3, -0.25) is 0 Å². The molecular formula is C19H19N3O3S. The minimum absolute atomic E-state index is 0.0561. The van der Waals surface area contributed by atoms with Crippen molar-refractivity contribution in [3.63, 3.8) is 0 Å². The number of nitrogens with zero attached hydrogens (tertiary/aromatic N) is 2. The van der Waals surface area contributed by atoms with Gasteiger partial charge in [-0.1, -0.05) is 60.7 Å². The lowest BCUT2D eigenvalue weighted by atomic mass is 10.1. The molecule has 0 spiro atoms. The Hall–Kier alpha value is -2.77. The second-order valence-electron chi connectivity index (χ2n) is 5.61. The van der Waals surface area contributed by atoms with Gasteiger partial charge in [0.2, 0.25) is 15.9 Å². The average Bonchev–Trinajstić information content (AvgIpc) is 2.67. The monoisotopic (exact) mass is 369 g/mol. The normalized spacial score (nSPS) is 11.2. The molecule has 0 unspecified atom stereocenters. The molecule has 2 aromatic carbocycles. The molecule has 0 fully saturated rings. The molecule has 0 radical (unpaired) electrons. The third-order valence-corrected chi connectivity index (χ3v) is 4.94. The fourth-order valence-electron chi connectivity index (χ4n) is 2.36. The van der Waals surface area contributed by atoms with Crippen LogP contribution < -0.4 is 9.46 Å². The third kappa shape index (κ3) is 5.37. The van der Waals surface area contributed by atoms with Gasteiger partial charge in [0, 0.05) is 18.2 Å². The summed E-state index contributed by atoms with van der Waals surface area (Å²) in [5, 5.41) is 8.13. The van der Waals surface area contributed by atoms with Crippen LogP contribution in [0.5, 0.6) is 5.88 Å². The Balaban J connectivity index is 1.46. The number of ether oxygens (including phenoxy) is 1. The number of nitrogens with one attached hydrogen (secondary N) is 1. The summed E-state index contributed by atoms with van der Waals surface area (Å²) >= 11 is 0. The Morgan fingerprint density at radius 3 is 2.19 bits per heavy atom. The number of aromatic nitrogens is 2. The van der Waals surface area contributed by atoms with E-state index < -0.39 is 10.0 Å². The molecule has 3 aromatic rings. The second-order valence-corrected chi connectivity index (χ2v) is 7.42. The van der Waals surface area contributed by atoms with E-state index in [1.165, 1.54) is 0 Å². The molecule has 0 saturated heterocycles. The van der Waals surface area contributed by atoms with E-state index in [1.807, 2.05) is 54.6 Å². The molecule has 0 aliphatic heterocycles. The van der Waals surface area contributed by atoms with Gasteiger partial charge in [-0.15, -0.1) is 10.2 Å². The summed E-state index contributed by atoms with van der Waals surface area (Å²) in [6, 6.07) is 22.3. The van der Waals surface area contributed by atoms with Gasteiger partial charge in [0.1, 0.15) is 6.61 Å². The second kappa shape index (κ2) is 8.55. The van der Waals surface area contributed by atoms with E-state index in [1.54, 1.807) is 18.2 Å². The lowest BCUT2D eigenvalue weighted by Crippen LogP contribution is -2.29. The van der Waals surface area contributed by atoms with Crippen LogP contribution in [-0.2, 0) is 15.8 Å². The highest BCUT2D eigenvalue weighted by Gasteiger charge is 2.10. The first-order chi connectivity index (χ1) is 12.6. The predicted molar refractivity (Wildman–Crippen MR) is 100 cm³/mol. The van der Waals surface area contributed by atoms with Crippen molar-refractivity contribution in [1.29, 1.82) is 0 Å². The van der Waals surface area contributed by atoms with Crippen LogP contribution in [0.4, 0.5) is 0 Å². The van der Waals surface area contributed by atoms with Crippen molar-refractivity contribution in [3.8, 4) is 17.1 Å². The first kappa shape index (κ1) is 18.0. The van der Waals surface area contributed by atoms with Crippen LogP contribution >= 0.6 is 0 Å². The maximum absolute atomic E-state index is 12.0. The average molecular weight is 369 g/mol. The van der Waals surface area contributed by atoms with Crippen molar-refractivity contribution >= 4 is 10.0 Å². The summed E-state index contributed by atoms with van der Waals surface area (Å²) in [6.45, 7) is 0.338. The Labute approximate surface area is 152 Å². The topological polar surface area (TPSA) is 81.2 Å². The molecule has 1 N–H and O–H groups in total. The number of hydrogen-bond donors (Lipinski definition) is 1. The zero-order valence-corrected chi connectivity index (χ0v) is 14.9. The van der Waals surface area contributed by atoms with E-state index in [4.69, 9.17) is 4.74 Å². The first-order valence-corrected chi connectivity index (χ1v) is 9.81. The van der Waals surface area contributed by atoms with Crippen molar-refractivity contribution in [2.75, 3.05) is 13.2 Å². The minimum Gasteiger partial charge on any atom is -0.475 e. The van der Waals surface area contributed by atoms with Gasteiger partial charge in [0.25, 0.3) is 0 Å². The van der Waals surface area contributed by atoms with Crippen molar-refractivity contribution in [2.45, 2.75) is 5.75 Å². The summed E-state index contributed by atoms with van der Waals surface area (Å²) in [7, 11) is -3.40. The molecule has 0 saturated carbocycles. The zero-order chi connectivity index (χ0) is 18.2. The molecule has 134 valence electrons. The Morgan fingerprint density at radius 2 is 1.54 bits per heavy atom. The smallest absolute Gasteiger partial charge is 0.233 e. The van der Waals surface area contributed by atoms with Crippen molar-refractivity contribution in [1.82, 2.24) is 14.9 Å². The Morgan fingerprint density at radius 1 is 0.846 bits per heavy atom. The summed E-state index contributed by atoms with van der Waals surface area (Å²) in [5.74, 6) is 0.298. The summed E-state index contributed by atoms with van der Waals surface area (Å²) < 4.78 is 32.0. The lowest BCUT2D eigenvalue weighted by Gasteiger charge is -2.08. The number of benzene rings is 2. The number of rotatable bonds is 8. The van der Waals surface area contributed by atoms with Crippen LogP contribution in [0.1, 0.15) is 5.56 Å². The van der Waals surface area contributed by atoms with Gasteiger partial charge in [0.05, 0.1) is 11.4 Å². The number of sulfonamides is 1. The van der Waals surface area contributed by atoms with Crippen LogP contribution in [0.2, 0.25) is 0 Å². The highest BCUT2D eigenvalue weighted by molar-refractivity contribution is 7.88. The third-order valence-electron chi connectivity index (χ3n) is 3.58. The molecule has 1 heterocycles. The van der Waals surface area contributed by atoms with E-state index in [2.05, 4.69) is 14.9 Å². The summed E-state index contributed by atoms with van der Waals surface area (Å²) in [6.07, 6.45) is 0. The highest BCUT2D eigenvalue weighted by atomic mass is 32.2. The van der Waals surface area contributed by atoms with Crippen molar-refractivity contribution < 1.29 is 13.2 Å². The fourth-order valence-corrected chi connectivity index (χ4v) is 3.49. The van der Waals surface area contributed by atoms with E-state index in [0.29, 0.717) is 5.88 Å². The van der Waals surface area contributed by atoms with E-state index >= 15 is 0 Å². The van der Waals surface area contributed by atoms with E-state index in [0.717, 1.165) is 16.8 Å². The van der Waals surface area contributed by atoms with Gasteiger partial charge in [-0.25, -0.2) is 13.1 Å². The van der Waals surface area contributed by atoms with Crippen molar-refractivity contribution in [2.24, 2.45) is 0 Å².